The van der Waals surface area contributed by atoms with Gasteiger partial charge in [-0.05, 0) is 13.5 Å². The maximum Gasteiger partial charge on any atom is 1.00 e. The summed E-state index contributed by atoms with van der Waals surface area (Å²) >= 11 is 0. The van der Waals surface area contributed by atoms with Gasteiger partial charge < -0.3 is 6.74 Å². The van der Waals surface area contributed by atoms with Crippen LogP contribution in [-0.2, 0) is 14.9 Å². The van der Waals surface area contributed by atoms with Crippen LogP contribution in [0.25, 0.3) is 0 Å². The van der Waals surface area contributed by atoms with Crippen molar-refractivity contribution in [2.24, 2.45) is 0 Å². The van der Waals surface area contributed by atoms with Gasteiger partial charge in [0.05, 0.1) is 0 Å². The summed E-state index contributed by atoms with van der Waals surface area (Å²) in [5.41, 5.74) is 0. The van der Waals surface area contributed by atoms with Gasteiger partial charge in [0.1, 0.15) is 0 Å². The summed E-state index contributed by atoms with van der Waals surface area (Å²) in [5, 5.41) is 1.31. The Morgan fingerprint density at radius 2 is 1.50 bits per heavy atom. The van der Waals surface area contributed by atoms with Gasteiger partial charge in [-0.1, -0.05) is 58.3 Å². The smallest absolute Gasteiger partial charge is 1.00 e. The third-order valence-electron chi connectivity index (χ3n) is 3.63. The predicted molar refractivity (Wildman–Crippen MR) is 87.2 cm³/mol. The second-order valence-electron chi connectivity index (χ2n) is 5.61. The molecule has 0 saturated heterocycles. The number of carbonyl (C=O) groups excluding carboxylic acids is 1. The fourth-order valence-corrected chi connectivity index (χ4v) is 3.17. The first-order valence-electron chi connectivity index (χ1n) is 8.07. The van der Waals surface area contributed by atoms with Gasteiger partial charge in [-0.2, -0.15) is 8.42 Å². The Bertz CT molecular complexity index is 380. The van der Waals surface area contributed by atoms with E-state index in [9.17, 15) is 13.2 Å². The molecule has 0 aromatic carbocycles. The summed E-state index contributed by atoms with van der Waals surface area (Å²) in [4.78, 5) is 11.8. The summed E-state index contributed by atoms with van der Waals surface area (Å²) in [5.74, 6) is -0.394. The monoisotopic (exact) mass is 345 g/mol. The molecule has 0 spiro atoms. The summed E-state index contributed by atoms with van der Waals surface area (Å²) < 4.78 is 31.3. The van der Waals surface area contributed by atoms with Crippen molar-refractivity contribution in [1.29, 1.82) is 0 Å². The van der Waals surface area contributed by atoms with Gasteiger partial charge in [0.25, 0.3) is 10.1 Å². The summed E-state index contributed by atoms with van der Waals surface area (Å²) in [7, 11) is -2.74. The average Bonchev–Trinajstić information content (AvgIpc) is 2.41. The van der Waals surface area contributed by atoms with Crippen LogP contribution in [0.4, 0.5) is 0 Å². The minimum absolute atomic E-state index is 0. The van der Waals surface area contributed by atoms with E-state index in [1.807, 2.05) is 0 Å². The molecule has 0 saturated carbocycles. The van der Waals surface area contributed by atoms with E-state index in [-0.39, 0.29) is 43.9 Å². The number of hydrogen-bond donors (Lipinski definition) is 2. The second kappa shape index (κ2) is 15.1. The molecule has 0 aliphatic rings. The van der Waals surface area contributed by atoms with E-state index in [4.69, 9.17) is 4.55 Å². The molecular formula is C15H32NNaO4S. The molecule has 0 rings (SSSR count). The van der Waals surface area contributed by atoms with Gasteiger partial charge in [0, 0.05) is 13.0 Å². The average molecular weight is 345 g/mol. The van der Waals surface area contributed by atoms with Gasteiger partial charge in [-0.15, -0.1) is 0 Å². The van der Waals surface area contributed by atoms with Crippen LogP contribution in [-0.4, -0.2) is 37.6 Å². The fraction of sp³-hybridized carbons (Fsp3) is 0.933. The molecule has 0 fully saturated rings. The van der Waals surface area contributed by atoms with Crippen LogP contribution in [0.15, 0.2) is 0 Å². The van der Waals surface area contributed by atoms with Crippen molar-refractivity contribution in [2.75, 3.05) is 13.6 Å². The Hall–Kier alpha value is 0.540. The van der Waals surface area contributed by atoms with E-state index < -0.39 is 21.2 Å². The molecular weight excluding hydrogens is 313 g/mol. The van der Waals surface area contributed by atoms with Crippen LogP contribution in [0.2, 0.25) is 0 Å². The molecule has 128 valence electrons. The van der Waals surface area contributed by atoms with E-state index in [1.165, 1.54) is 38.5 Å². The van der Waals surface area contributed by atoms with Crippen molar-refractivity contribution in [3.63, 3.8) is 0 Å². The molecule has 7 heteroatoms. The van der Waals surface area contributed by atoms with E-state index in [0.29, 0.717) is 6.42 Å². The number of carbonyl (C=O) groups is 1. The molecule has 0 heterocycles. The third-order valence-corrected chi connectivity index (χ3v) is 4.78. The minimum atomic E-state index is -4.30. The quantitative estimate of drug-likeness (QED) is 0.264. The van der Waals surface area contributed by atoms with Crippen LogP contribution in [0.3, 0.4) is 0 Å². The largest absolute Gasteiger partial charge is 1.00 e. The first kappa shape index (κ1) is 24.8. The minimum Gasteiger partial charge on any atom is -1.00 e. The molecule has 5 nitrogen and oxygen atoms in total. The number of unbranched alkanes of at least 4 members (excludes halogenated alkanes) is 8. The molecule has 0 aromatic heterocycles. The first-order valence-corrected chi connectivity index (χ1v) is 9.57. The summed E-state index contributed by atoms with van der Waals surface area (Å²) in [6.07, 6.45) is 10.5. The third kappa shape index (κ3) is 13.0. The second-order valence-corrected chi connectivity index (χ2v) is 7.21. The molecule has 0 aliphatic carbocycles. The van der Waals surface area contributed by atoms with E-state index in [0.717, 1.165) is 12.8 Å². The molecule has 2 N–H and O–H groups in total. The molecule has 1 atom stereocenters. The molecule has 0 aliphatic heterocycles. The van der Waals surface area contributed by atoms with Gasteiger partial charge in [0.15, 0.2) is 11.0 Å². The van der Waals surface area contributed by atoms with Crippen molar-refractivity contribution >= 4 is 15.9 Å². The topological polar surface area (TPSA) is 83.5 Å². The van der Waals surface area contributed by atoms with Crippen molar-refractivity contribution in [1.82, 2.24) is 5.32 Å². The SMILES string of the molecule is CCCCCCCCCCCC(=O)C(CNC)S(=O)(=O)O.[H-].[Na+]. The molecule has 22 heavy (non-hydrogen) atoms. The number of Topliss-reactive ketones (excluding diaryl/α,β-unsaturated/α-hetero) is 1. The Morgan fingerprint density at radius 3 is 1.91 bits per heavy atom. The standard InChI is InChI=1S/C15H31NO4S.Na.H/c1-3-4-5-6-7-8-9-10-11-12-14(17)15(13-16-2)21(18,19)20;;/h15-16H,3-13H2,1-2H3,(H,18,19,20);;/q;+1;-1. The molecule has 0 radical (unpaired) electrons. The van der Waals surface area contributed by atoms with Gasteiger partial charge >= 0.3 is 29.6 Å². The van der Waals surface area contributed by atoms with E-state index in [2.05, 4.69) is 12.2 Å². The van der Waals surface area contributed by atoms with Crippen molar-refractivity contribution < 1.29 is 48.7 Å². The number of nitrogens with one attached hydrogen (secondary N) is 1. The normalized spacial score (nSPS) is 12.7. The Kier molecular flexibility index (Phi) is 17.0. The number of ketones is 1. The maximum absolute atomic E-state index is 11.8. The van der Waals surface area contributed by atoms with E-state index in [1.54, 1.807) is 7.05 Å². The summed E-state index contributed by atoms with van der Waals surface area (Å²) in [6, 6.07) is 0. The molecule has 0 amide bonds. The van der Waals surface area contributed by atoms with Crippen LogP contribution in [0, 0.1) is 0 Å². The van der Waals surface area contributed by atoms with Gasteiger partial charge in [-0.25, -0.2) is 0 Å². The molecule has 1 unspecified atom stereocenters. The van der Waals surface area contributed by atoms with E-state index >= 15 is 0 Å². The molecule has 0 aromatic rings. The first-order chi connectivity index (χ1) is 9.93. The zero-order chi connectivity index (χ0) is 16.1. The summed E-state index contributed by atoms with van der Waals surface area (Å²) in [6.45, 7) is 2.17. The van der Waals surface area contributed by atoms with Crippen molar-refractivity contribution in [2.45, 2.75) is 76.4 Å². The zero-order valence-electron chi connectivity index (χ0n) is 15.4. The van der Waals surface area contributed by atoms with Crippen LogP contribution >= 0.6 is 0 Å². The van der Waals surface area contributed by atoms with Gasteiger partial charge in [-0.3, -0.25) is 9.35 Å². The zero-order valence-corrected chi connectivity index (χ0v) is 17.3. The number of hydrogen-bond acceptors (Lipinski definition) is 4. The predicted octanol–water partition coefficient (Wildman–Crippen LogP) is 0.0687. The van der Waals surface area contributed by atoms with Crippen LogP contribution in [0.1, 0.15) is 72.6 Å². The van der Waals surface area contributed by atoms with Crippen molar-refractivity contribution in [3.8, 4) is 0 Å². The fourth-order valence-electron chi connectivity index (χ4n) is 2.34. The van der Waals surface area contributed by atoms with Gasteiger partial charge in [0.2, 0.25) is 0 Å². The number of rotatable bonds is 14. The van der Waals surface area contributed by atoms with Crippen molar-refractivity contribution in [3.05, 3.63) is 0 Å². The van der Waals surface area contributed by atoms with Crippen LogP contribution in [0.5, 0.6) is 0 Å². The van der Waals surface area contributed by atoms with Crippen LogP contribution < -0.4 is 34.9 Å². The Balaban J connectivity index is -0.00000200. The maximum atomic E-state index is 11.8. The molecule has 0 bridgehead atoms. The Labute approximate surface area is 159 Å². The Morgan fingerprint density at radius 1 is 1.05 bits per heavy atom.